The van der Waals surface area contributed by atoms with Gasteiger partial charge in [0.25, 0.3) is 0 Å². The second-order valence-corrected chi connectivity index (χ2v) is 10.7. The predicted octanol–water partition coefficient (Wildman–Crippen LogP) is 4.84. The third kappa shape index (κ3) is 5.78. The molecule has 2 heterocycles. The van der Waals surface area contributed by atoms with Gasteiger partial charge in [0, 0.05) is 24.9 Å². The van der Waals surface area contributed by atoms with E-state index in [2.05, 4.69) is 9.97 Å². The van der Waals surface area contributed by atoms with Gasteiger partial charge in [-0.3, -0.25) is 4.79 Å². The molecule has 0 saturated heterocycles. The van der Waals surface area contributed by atoms with Crippen molar-refractivity contribution in [1.82, 2.24) is 14.5 Å². The van der Waals surface area contributed by atoms with Crippen LogP contribution in [0.2, 0.25) is 5.02 Å². The van der Waals surface area contributed by atoms with E-state index >= 15 is 0 Å². The smallest absolute Gasteiger partial charge is 0.322 e. The third-order valence-electron chi connectivity index (χ3n) is 5.23. The highest BCUT2D eigenvalue weighted by Gasteiger charge is 2.23. The summed E-state index contributed by atoms with van der Waals surface area (Å²) in [6.07, 6.45) is 2.81. The SMILES string of the molecule is CCC[C@H](C)S(=O)(=O)Cc1cc(-c2ccc(=O)n(C)c2)nc(Oc2c(F)ccc(C)c2Cl)n1. The molecule has 0 N–H and O–H groups in total. The maximum absolute atomic E-state index is 14.4. The van der Waals surface area contributed by atoms with E-state index < -0.39 is 20.9 Å². The number of ether oxygens (including phenoxy) is 1. The van der Waals surface area contributed by atoms with Crippen molar-refractivity contribution < 1.29 is 17.5 Å². The number of hydrogen-bond donors (Lipinski definition) is 0. The Kier molecular flexibility index (Phi) is 7.54. The van der Waals surface area contributed by atoms with E-state index in [9.17, 15) is 17.6 Å². The number of hydrogen-bond acceptors (Lipinski definition) is 6. The van der Waals surface area contributed by atoms with Crippen LogP contribution >= 0.6 is 11.6 Å². The number of pyridine rings is 1. The molecule has 1 aromatic carbocycles. The zero-order chi connectivity index (χ0) is 24.3. The topological polar surface area (TPSA) is 91.2 Å². The van der Waals surface area contributed by atoms with Crippen LogP contribution in [0.15, 0.2) is 41.3 Å². The van der Waals surface area contributed by atoms with Crippen LogP contribution in [0.1, 0.15) is 37.9 Å². The van der Waals surface area contributed by atoms with Gasteiger partial charge >= 0.3 is 6.01 Å². The fourth-order valence-electron chi connectivity index (χ4n) is 3.24. The van der Waals surface area contributed by atoms with Gasteiger partial charge in [0.05, 0.1) is 27.4 Å². The second kappa shape index (κ2) is 10.0. The highest BCUT2D eigenvalue weighted by Crippen LogP contribution is 2.34. The first kappa shape index (κ1) is 24.9. The Hall–Kier alpha value is -2.78. The molecule has 0 aliphatic carbocycles. The Morgan fingerprint density at radius 1 is 1.21 bits per heavy atom. The zero-order valence-corrected chi connectivity index (χ0v) is 20.4. The molecule has 176 valence electrons. The Morgan fingerprint density at radius 3 is 2.61 bits per heavy atom. The Labute approximate surface area is 197 Å². The molecule has 0 aliphatic rings. The normalized spacial score (nSPS) is 12.5. The number of sulfone groups is 1. The molecule has 2 aromatic heterocycles. The lowest BCUT2D eigenvalue weighted by Gasteiger charge is -2.14. The van der Waals surface area contributed by atoms with Crippen LogP contribution in [-0.2, 0) is 22.6 Å². The summed E-state index contributed by atoms with van der Waals surface area (Å²) in [5.41, 5.74) is 1.44. The molecule has 7 nitrogen and oxygen atoms in total. The molecule has 0 bridgehead atoms. The molecular formula is C23H25ClFN3O4S. The summed E-state index contributed by atoms with van der Waals surface area (Å²) >= 11 is 6.21. The summed E-state index contributed by atoms with van der Waals surface area (Å²) in [6, 6.07) is 6.93. The average Bonchev–Trinajstić information content (AvgIpc) is 2.75. The molecule has 33 heavy (non-hydrogen) atoms. The lowest BCUT2D eigenvalue weighted by atomic mass is 10.2. The highest BCUT2D eigenvalue weighted by atomic mass is 35.5. The quantitative estimate of drug-likeness (QED) is 0.446. The number of aryl methyl sites for hydroxylation is 2. The van der Waals surface area contributed by atoms with E-state index in [0.717, 1.165) is 6.42 Å². The number of benzene rings is 1. The van der Waals surface area contributed by atoms with Gasteiger partial charge in [-0.15, -0.1) is 0 Å². The van der Waals surface area contributed by atoms with Crippen molar-refractivity contribution in [3.8, 4) is 23.0 Å². The Morgan fingerprint density at radius 2 is 1.94 bits per heavy atom. The first-order valence-corrected chi connectivity index (χ1v) is 12.5. The summed E-state index contributed by atoms with van der Waals surface area (Å²) < 4.78 is 47.0. The predicted molar refractivity (Wildman–Crippen MR) is 126 cm³/mol. The first-order chi connectivity index (χ1) is 15.5. The lowest BCUT2D eigenvalue weighted by Crippen LogP contribution is -2.20. The molecule has 10 heteroatoms. The molecule has 0 amide bonds. The minimum atomic E-state index is -3.50. The average molecular weight is 494 g/mol. The van der Waals surface area contributed by atoms with Crippen molar-refractivity contribution in [3.05, 3.63) is 69.0 Å². The lowest BCUT2D eigenvalue weighted by molar-refractivity contribution is 0.410. The van der Waals surface area contributed by atoms with E-state index in [-0.39, 0.29) is 33.8 Å². The van der Waals surface area contributed by atoms with E-state index in [1.807, 2.05) is 6.92 Å². The number of rotatable bonds is 8. The van der Waals surface area contributed by atoms with Gasteiger partial charge in [-0.05, 0) is 44.0 Å². The molecule has 3 rings (SSSR count). The fourth-order valence-corrected chi connectivity index (χ4v) is 4.87. The van der Waals surface area contributed by atoms with Crippen LogP contribution in [-0.4, -0.2) is 28.2 Å². The van der Waals surface area contributed by atoms with Crippen LogP contribution in [0, 0.1) is 12.7 Å². The van der Waals surface area contributed by atoms with Crippen molar-refractivity contribution in [2.24, 2.45) is 7.05 Å². The third-order valence-corrected chi connectivity index (χ3v) is 7.86. The zero-order valence-electron chi connectivity index (χ0n) is 18.8. The summed E-state index contributed by atoms with van der Waals surface area (Å²) in [4.78, 5) is 20.3. The molecule has 0 spiro atoms. The van der Waals surface area contributed by atoms with Crippen molar-refractivity contribution >= 4 is 21.4 Å². The van der Waals surface area contributed by atoms with Crippen LogP contribution < -0.4 is 10.3 Å². The van der Waals surface area contributed by atoms with Crippen molar-refractivity contribution in [2.45, 2.75) is 44.6 Å². The van der Waals surface area contributed by atoms with Crippen LogP contribution in [0.5, 0.6) is 11.8 Å². The van der Waals surface area contributed by atoms with E-state index in [4.69, 9.17) is 16.3 Å². The van der Waals surface area contributed by atoms with Gasteiger partial charge < -0.3 is 9.30 Å². The van der Waals surface area contributed by atoms with Crippen LogP contribution in [0.25, 0.3) is 11.3 Å². The van der Waals surface area contributed by atoms with Crippen molar-refractivity contribution in [1.29, 1.82) is 0 Å². The van der Waals surface area contributed by atoms with Gasteiger partial charge in [0.2, 0.25) is 5.56 Å². The molecule has 0 unspecified atom stereocenters. The van der Waals surface area contributed by atoms with Gasteiger partial charge in [-0.1, -0.05) is 31.0 Å². The standard InChI is InChI=1S/C23H25ClFN3O4S/c1-5-6-15(3)33(30,31)13-17-11-19(16-8-10-20(29)28(4)12-16)27-23(26-17)32-22-18(25)9-7-14(2)21(22)24/h7-12,15H,5-6,13H2,1-4H3/t15-/m0/s1. The molecule has 0 radical (unpaired) electrons. The monoisotopic (exact) mass is 493 g/mol. The number of nitrogens with zero attached hydrogens (tertiary/aromatic N) is 3. The molecule has 3 aromatic rings. The first-order valence-electron chi connectivity index (χ1n) is 10.4. The minimum Gasteiger partial charge on any atom is -0.420 e. The highest BCUT2D eigenvalue weighted by molar-refractivity contribution is 7.91. The maximum Gasteiger partial charge on any atom is 0.322 e. The second-order valence-electron chi connectivity index (χ2n) is 7.91. The van der Waals surface area contributed by atoms with Gasteiger partial charge in [-0.2, -0.15) is 9.97 Å². The summed E-state index contributed by atoms with van der Waals surface area (Å²) in [5, 5.41) is -0.483. The van der Waals surface area contributed by atoms with E-state index in [0.29, 0.717) is 23.2 Å². The number of aromatic nitrogens is 3. The molecule has 1 atom stereocenters. The summed E-state index contributed by atoms with van der Waals surface area (Å²) in [5.74, 6) is -1.29. The molecule has 0 fully saturated rings. The van der Waals surface area contributed by atoms with Gasteiger partial charge in [0.1, 0.15) is 0 Å². The van der Waals surface area contributed by atoms with Crippen LogP contribution in [0.3, 0.4) is 0 Å². The minimum absolute atomic E-state index is 0.0665. The fraction of sp³-hybridized carbons (Fsp3) is 0.348. The van der Waals surface area contributed by atoms with E-state index in [1.54, 1.807) is 33.2 Å². The number of halogens is 2. The molecule has 0 aliphatic heterocycles. The van der Waals surface area contributed by atoms with E-state index in [1.165, 1.54) is 28.8 Å². The van der Waals surface area contributed by atoms with Gasteiger partial charge in [-0.25, -0.2) is 12.8 Å². The van der Waals surface area contributed by atoms with Crippen LogP contribution in [0.4, 0.5) is 4.39 Å². The van der Waals surface area contributed by atoms with Crippen molar-refractivity contribution in [3.63, 3.8) is 0 Å². The largest absolute Gasteiger partial charge is 0.420 e. The Bertz CT molecular complexity index is 1340. The summed E-state index contributed by atoms with van der Waals surface area (Å²) in [7, 11) is -1.92. The summed E-state index contributed by atoms with van der Waals surface area (Å²) in [6.45, 7) is 5.28. The molecule has 0 saturated carbocycles. The van der Waals surface area contributed by atoms with Gasteiger partial charge in [0.15, 0.2) is 21.4 Å². The Balaban J connectivity index is 2.11. The maximum atomic E-state index is 14.4. The molecular weight excluding hydrogens is 469 g/mol. The van der Waals surface area contributed by atoms with Crippen molar-refractivity contribution in [2.75, 3.05) is 0 Å².